The lowest BCUT2D eigenvalue weighted by Crippen LogP contribution is -2.34. The highest BCUT2D eigenvalue weighted by molar-refractivity contribution is 5.95. The molecule has 1 unspecified atom stereocenters. The Labute approximate surface area is 144 Å². The molecule has 0 spiro atoms. The summed E-state index contributed by atoms with van der Waals surface area (Å²) < 4.78 is 51.6. The first kappa shape index (κ1) is 19.3. The van der Waals surface area contributed by atoms with Gasteiger partial charge in [0.2, 0.25) is 5.82 Å². The Morgan fingerprint density at radius 2 is 1.81 bits per heavy atom. The van der Waals surface area contributed by atoms with Crippen LogP contribution in [-0.2, 0) is 11.0 Å². The van der Waals surface area contributed by atoms with Gasteiger partial charge in [0.05, 0.1) is 0 Å². The van der Waals surface area contributed by atoms with Crippen molar-refractivity contribution in [2.45, 2.75) is 26.1 Å². The molecule has 2 aromatic rings. The van der Waals surface area contributed by atoms with Crippen molar-refractivity contribution in [3.8, 4) is 0 Å². The fourth-order valence-corrected chi connectivity index (χ4v) is 2.15. The van der Waals surface area contributed by atoms with Crippen LogP contribution in [0.2, 0.25) is 0 Å². The van der Waals surface area contributed by atoms with Crippen LogP contribution in [0, 0.1) is 19.7 Å². The van der Waals surface area contributed by atoms with E-state index in [1.54, 1.807) is 0 Å². The smallest absolute Gasteiger partial charge is 0.451 e. The molecule has 2 rings (SSSR count). The summed E-state index contributed by atoms with van der Waals surface area (Å²) in [5.41, 5.74) is -0.524. The quantitative estimate of drug-likeness (QED) is 0.807. The summed E-state index contributed by atoms with van der Waals surface area (Å²) >= 11 is 0. The molecule has 0 fully saturated rings. The van der Waals surface area contributed by atoms with Crippen molar-refractivity contribution in [3.05, 3.63) is 58.4 Å². The van der Waals surface area contributed by atoms with E-state index in [2.05, 4.69) is 15.3 Å². The number of carbonyl (C=O) groups excluding carboxylic acids is 1. The minimum absolute atomic E-state index is 0.0616. The number of hydrogen-bond acceptors (Lipinski definition) is 4. The Morgan fingerprint density at radius 3 is 2.35 bits per heavy atom. The Balaban J connectivity index is 2.35. The number of alkyl halides is 3. The molecule has 10 heteroatoms. The molecule has 6 nitrogen and oxygen atoms in total. The highest BCUT2D eigenvalue weighted by Gasteiger charge is 2.36. The van der Waals surface area contributed by atoms with E-state index >= 15 is 0 Å². The highest BCUT2D eigenvalue weighted by Crippen LogP contribution is 2.26. The number of amides is 1. The van der Waals surface area contributed by atoms with E-state index in [1.807, 2.05) is 0 Å². The second-order valence-electron chi connectivity index (χ2n) is 5.47. The molecule has 0 aliphatic carbocycles. The van der Waals surface area contributed by atoms with Crippen LogP contribution in [-0.4, -0.2) is 27.0 Å². The number of aryl methyl sites for hydroxylation is 2. The predicted molar refractivity (Wildman–Crippen MR) is 80.8 cm³/mol. The summed E-state index contributed by atoms with van der Waals surface area (Å²) in [5.74, 6) is -4.67. The Morgan fingerprint density at radius 1 is 1.15 bits per heavy atom. The van der Waals surface area contributed by atoms with Crippen molar-refractivity contribution < 1.29 is 32.3 Å². The fraction of sp³-hybridized carbons (Fsp3) is 0.250. The number of rotatable bonds is 4. The van der Waals surface area contributed by atoms with E-state index in [0.717, 1.165) is 18.2 Å². The van der Waals surface area contributed by atoms with E-state index in [-0.39, 0.29) is 16.8 Å². The van der Waals surface area contributed by atoms with Crippen LogP contribution < -0.4 is 5.32 Å². The lowest BCUT2D eigenvalue weighted by atomic mass is 10.0. The van der Waals surface area contributed by atoms with Crippen LogP contribution in [0.1, 0.15) is 39.2 Å². The Bertz CT molecular complexity index is 868. The number of carboxylic acids is 1. The number of carboxylic acid groups (broad SMARTS) is 1. The number of aromatic nitrogens is 2. The van der Waals surface area contributed by atoms with Crippen LogP contribution in [0.4, 0.5) is 17.6 Å². The van der Waals surface area contributed by atoms with Gasteiger partial charge >= 0.3 is 12.1 Å². The number of aliphatic carboxylic acids is 1. The molecule has 1 amide bonds. The summed E-state index contributed by atoms with van der Waals surface area (Å²) in [4.78, 5) is 30.0. The number of hydrogen-bond donors (Lipinski definition) is 2. The van der Waals surface area contributed by atoms with Crippen LogP contribution in [0.25, 0.3) is 0 Å². The molecule has 0 radical (unpaired) electrons. The van der Waals surface area contributed by atoms with Crippen LogP contribution in [0.15, 0.2) is 24.3 Å². The maximum absolute atomic E-state index is 13.3. The first-order valence-corrected chi connectivity index (χ1v) is 7.21. The minimum Gasteiger partial charge on any atom is -0.479 e. The highest BCUT2D eigenvalue weighted by atomic mass is 19.4. The molecule has 1 aromatic carbocycles. The van der Waals surface area contributed by atoms with Crippen molar-refractivity contribution >= 4 is 11.9 Å². The van der Waals surface area contributed by atoms with Gasteiger partial charge in [0, 0.05) is 5.69 Å². The lowest BCUT2D eigenvalue weighted by Gasteiger charge is -2.16. The predicted octanol–water partition coefficient (Wildman–Crippen LogP) is 2.81. The van der Waals surface area contributed by atoms with Crippen molar-refractivity contribution in [1.29, 1.82) is 0 Å². The number of benzene rings is 1. The van der Waals surface area contributed by atoms with E-state index in [4.69, 9.17) is 0 Å². The van der Waals surface area contributed by atoms with Crippen LogP contribution in [0.3, 0.4) is 0 Å². The standard InChI is InChI=1S/C16H13F4N3O3/c1-7-5-9(3-4-10(7)17)12(14(25)26)23-13(24)11-6-8(2)21-15(22-11)16(18,19)20/h3-6,12H,1-2H3,(H,23,24)(H,25,26). The number of nitrogens with one attached hydrogen (secondary N) is 1. The van der Waals surface area contributed by atoms with E-state index < -0.39 is 41.4 Å². The fourth-order valence-electron chi connectivity index (χ4n) is 2.15. The normalized spacial score (nSPS) is 12.5. The molecule has 138 valence electrons. The third-order valence-corrected chi connectivity index (χ3v) is 3.38. The van der Waals surface area contributed by atoms with E-state index in [1.165, 1.54) is 19.9 Å². The average molecular weight is 371 g/mol. The molecule has 0 saturated heterocycles. The monoisotopic (exact) mass is 371 g/mol. The second-order valence-corrected chi connectivity index (χ2v) is 5.47. The topological polar surface area (TPSA) is 92.2 Å². The van der Waals surface area contributed by atoms with Gasteiger partial charge < -0.3 is 10.4 Å². The largest absolute Gasteiger partial charge is 0.479 e. The van der Waals surface area contributed by atoms with Crippen molar-refractivity contribution in [1.82, 2.24) is 15.3 Å². The third-order valence-electron chi connectivity index (χ3n) is 3.38. The number of carbonyl (C=O) groups is 2. The zero-order chi connectivity index (χ0) is 19.6. The molecular weight excluding hydrogens is 358 g/mol. The van der Waals surface area contributed by atoms with Gasteiger partial charge in [0.15, 0.2) is 6.04 Å². The molecule has 0 aliphatic heterocycles. The molecule has 26 heavy (non-hydrogen) atoms. The SMILES string of the molecule is Cc1cc(C(=O)NC(C(=O)O)c2ccc(F)c(C)c2)nc(C(F)(F)F)n1. The summed E-state index contributed by atoms with van der Waals surface area (Å²) in [7, 11) is 0. The number of halogens is 4. The van der Waals surface area contributed by atoms with Crippen LogP contribution in [0.5, 0.6) is 0 Å². The summed E-state index contributed by atoms with van der Waals surface area (Å²) in [6.45, 7) is 2.65. The zero-order valence-corrected chi connectivity index (χ0v) is 13.6. The van der Waals surface area contributed by atoms with E-state index in [9.17, 15) is 32.3 Å². The average Bonchev–Trinajstić information content (AvgIpc) is 2.53. The second kappa shape index (κ2) is 7.06. The van der Waals surface area contributed by atoms with Crippen LogP contribution >= 0.6 is 0 Å². The zero-order valence-electron chi connectivity index (χ0n) is 13.6. The first-order valence-electron chi connectivity index (χ1n) is 7.21. The lowest BCUT2D eigenvalue weighted by molar-refractivity contribution is -0.145. The van der Waals surface area contributed by atoms with E-state index in [0.29, 0.717) is 0 Å². The van der Waals surface area contributed by atoms with Gasteiger partial charge in [0.1, 0.15) is 11.5 Å². The molecule has 0 bridgehead atoms. The molecule has 1 atom stereocenters. The first-order chi connectivity index (χ1) is 12.0. The maximum atomic E-state index is 13.3. The number of nitrogens with zero attached hydrogens (tertiary/aromatic N) is 2. The summed E-state index contributed by atoms with van der Waals surface area (Å²) in [6.07, 6.45) is -4.86. The van der Waals surface area contributed by atoms with Gasteiger partial charge in [-0.05, 0) is 37.1 Å². The van der Waals surface area contributed by atoms with Gasteiger partial charge in [-0.1, -0.05) is 12.1 Å². The molecule has 1 heterocycles. The third kappa shape index (κ3) is 4.32. The van der Waals surface area contributed by atoms with Gasteiger partial charge in [-0.25, -0.2) is 19.2 Å². The molecule has 0 aliphatic rings. The van der Waals surface area contributed by atoms with Gasteiger partial charge in [0.25, 0.3) is 5.91 Å². The Kier molecular flexibility index (Phi) is 5.24. The maximum Gasteiger partial charge on any atom is 0.451 e. The van der Waals surface area contributed by atoms with Gasteiger partial charge in [-0.3, -0.25) is 4.79 Å². The summed E-state index contributed by atoms with van der Waals surface area (Å²) in [5, 5.41) is 11.4. The van der Waals surface area contributed by atoms with Crippen molar-refractivity contribution in [3.63, 3.8) is 0 Å². The molecule has 1 aromatic heterocycles. The van der Waals surface area contributed by atoms with Crippen molar-refractivity contribution in [2.75, 3.05) is 0 Å². The molecular formula is C16H13F4N3O3. The minimum atomic E-state index is -4.86. The molecule has 0 saturated carbocycles. The van der Waals surface area contributed by atoms with Gasteiger partial charge in [-0.15, -0.1) is 0 Å². The Hall–Kier alpha value is -3.04. The van der Waals surface area contributed by atoms with Crippen molar-refractivity contribution in [2.24, 2.45) is 0 Å². The van der Waals surface area contributed by atoms with Gasteiger partial charge in [-0.2, -0.15) is 13.2 Å². The molecule has 2 N–H and O–H groups in total. The summed E-state index contributed by atoms with van der Waals surface area (Å²) in [6, 6.07) is 2.82.